The number of carboxylic acid groups (broad SMARTS) is 1. The predicted octanol–water partition coefficient (Wildman–Crippen LogP) is 3.40. The lowest BCUT2D eigenvalue weighted by atomic mass is 9.85. The van der Waals surface area contributed by atoms with Gasteiger partial charge in [0.1, 0.15) is 0 Å². The molecule has 0 saturated carbocycles. The molecule has 1 aromatic rings. The van der Waals surface area contributed by atoms with Crippen LogP contribution in [0, 0.1) is 5.41 Å². The summed E-state index contributed by atoms with van der Waals surface area (Å²) in [6, 6.07) is 3.40. The zero-order valence-electron chi connectivity index (χ0n) is 11.6. The third kappa shape index (κ3) is 3.53. The third-order valence-electron chi connectivity index (χ3n) is 2.87. The van der Waals surface area contributed by atoms with Crippen LogP contribution in [0.1, 0.15) is 26.3 Å². The van der Waals surface area contributed by atoms with Crippen LogP contribution in [0.2, 0.25) is 5.02 Å². The highest BCUT2D eigenvalue weighted by atomic mass is 35.5. The van der Waals surface area contributed by atoms with Crippen LogP contribution in [-0.4, -0.2) is 24.8 Å². The van der Waals surface area contributed by atoms with Crippen molar-refractivity contribution in [2.75, 3.05) is 13.7 Å². The average Bonchev–Trinajstić information content (AvgIpc) is 2.34. The van der Waals surface area contributed by atoms with Crippen LogP contribution in [0.4, 0.5) is 0 Å². The quantitative estimate of drug-likeness (QED) is 0.871. The number of carbonyl (C=O) groups is 1. The molecule has 1 N–H and O–H groups in total. The first kappa shape index (κ1) is 15.6. The Morgan fingerprint density at radius 2 is 2.05 bits per heavy atom. The standard InChI is InChI=1S/C14H19ClO4/c1-5-19-12-9(8-14(2,3)13(16)17)10(15)6-7-11(12)18-4/h6-7H,5,8H2,1-4H3,(H,16,17). The number of carboxylic acids is 1. The molecule has 0 aliphatic rings. The fourth-order valence-electron chi connectivity index (χ4n) is 1.73. The van der Waals surface area contributed by atoms with E-state index < -0.39 is 11.4 Å². The number of aliphatic carboxylic acids is 1. The first-order chi connectivity index (χ1) is 8.83. The minimum Gasteiger partial charge on any atom is -0.493 e. The van der Waals surface area contributed by atoms with E-state index in [0.29, 0.717) is 28.7 Å². The van der Waals surface area contributed by atoms with Crippen molar-refractivity contribution in [1.82, 2.24) is 0 Å². The third-order valence-corrected chi connectivity index (χ3v) is 3.23. The molecule has 0 spiro atoms. The minimum atomic E-state index is -0.929. The van der Waals surface area contributed by atoms with Crippen molar-refractivity contribution in [2.45, 2.75) is 27.2 Å². The molecule has 0 saturated heterocycles. The molecule has 1 rings (SSSR count). The maximum atomic E-state index is 11.2. The number of halogens is 1. The lowest BCUT2D eigenvalue weighted by Crippen LogP contribution is -2.26. The van der Waals surface area contributed by atoms with E-state index in [-0.39, 0.29) is 6.42 Å². The summed E-state index contributed by atoms with van der Waals surface area (Å²) in [5, 5.41) is 9.71. The van der Waals surface area contributed by atoms with Gasteiger partial charge in [0, 0.05) is 10.6 Å². The molecule has 0 atom stereocenters. The van der Waals surface area contributed by atoms with Crippen molar-refractivity contribution in [3.05, 3.63) is 22.7 Å². The van der Waals surface area contributed by atoms with Crippen LogP contribution in [0.5, 0.6) is 11.5 Å². The molecule has 1 aromatic carbocycles. The van der Waals surface area contributed by atoms with Crippen molar-refractivity contribution < 1.29 is 19.4 Å². The van der Waals surface area contributed by atoms with Crippen molar-refractivity contribution in [2.24, 2.45) is 5.41 Å². The second kappa shape index (κ2) is 6.15. The molecule has 0 aliphatic carbocycles. The Hall–Kier alpha value is -1.42. The second-order valence-electron chi connectivity index (χ2n) is 4.86. The summed E-state index contributed by atoms with van der Waals surface area (Å²) >= 11 is 6.18. The highest BCUT2D eigenvalue weighted by molar-refractivity contribution is 6.31. The summed E-state index contributed by atoms with van der Waals surface area (Å²) in [5.74, 6) is 0.197. The van der Waals surface area contributed by atoms with Crippen molar-refractivity contribution >= 4 is 17.6 Å². The first-order valence-corrected chi connectivity index (χ1v) is 6.42. The van der Waals surface area contributed by atoms with E-state index in [1.165, 1.54) is 7.11 Å². The van der Waals surface area contributed by atoms with Crippen LogP contribution in [0.3, 0.4) is 0 Å². The van der Waals surface area contributed by atoms with Crippen LogP contribution in [0.25, 0.3) is 0 Å². The average molecular weight is 287 g/mol. The normalized spacial score (nSPS) is 11.2. The fourth-order valence-corrected chi connectivity index (χ4v) is 1.94. The molecule has 0 bridgehead atoms. The molecule has 106 valence electrons. The van der Waals surface area contributed by atoms with Gasteiger partial charge in [-0.15, -0.1) is 0 Å². The first-order valence-electron chi connectivity index (χ1n) is 6.05. The Balaban J connectivity index is 3.28. The summed E-state index contributed by atoms with van der Waals surface area (Å²) in [4.78, 5) is 11.2. The van der Waals surface area contributed by atoms with Gasteiger partial charge in [-0.3, -0.25) is 4.79 Å². The largest absolute Gasteiger partial charge is 0.493 e. The Kier molecular flexibility index (Phi) is 5.06. The smallest absolute Gasteiger partial charge is 0.309 e. The Morgan fingerprint density at radius 1 is 1.42 bits per heavy atom. The van der Waals surface area contributed by atoms with Crippen molar-refractivity contribution in [1.29, 1.82) is 0 Å². The van der Waals surface area contributed by atoms with Gasteiger partial charge in [-0.1, -0.05) is 11.6 Å². The van der Waals surface area contributed by atoms with E-state index >= 15 is 0 Å². The predicted molar refractivity (Wildman–Crippen MR) is 74.3 cm³/mol. The van der Waals surface area contributed by atoms with Crippen LogP contribution in [0.15, 0.2) is 12.1 Å². The second-order valence-corrected chi connectivity index (χ2v) is 5.26. The van der Waals surface area contributed by atoms with Gasteiger partial charge in [0.2, 0.25) is 0 Å². The summed E-state index contributed by atoms with van der Waals surface area (Å²) in [5.41, 5.74) is -0.266. The van der Waals surface area contributed by atoms with Crippen LogP contribution < -0.4 is 9.47 Å². The number of rotatable bonds is 6. The molecule has 0 aromatic heterocycles. The monoisotopic (exact) mass is 286 g/mol. The number of benzene rings is 1. The highest BCUT2D eigenvalue weighted by Crippen LogP contribution is 2.39. The Morgan fingerprint density at radius 3 is 2.53 bits per heavy atom. The summed E-state index contributed by atoms with van der Waals surface area (Å²) in [6.07, 6.45) is 0.272. The van der Waals surface area contributed by atoms with Gasteiger partial charge in [-0.05, 0) is 39.3 Å². The van der Waals surface area contributed by atoms with Crippen LogP contribution in [-0.2, 0) is 11.2 Å². The molecule has 0 fully saturated rings. The molecule has 0 heterocycles. The molecule has 19 heavy (non-hydrogen) atoms. The molecule has 0 aliphatic heterocycles. The van der Waals surface area contributed by atoms with Gasteiger partial charge in [-0.25, -0.2) is 0 Å². The van der Waals surface area contributed by atoms with Gasteiger partial charge < -0.3 is 14.6 Å². The maximum Gasteiger partial charge on any atom is 0.309 e. The molecule has 0 amide bonds. The zero-order valence-corrected chi connectivity index (χ0v) is 12.4. The minimum absolute atomic E-state index is 0.272. The lowest BCUT2D eigenvalue weighted by molar-refractivity contribution is -0.146. The van der Waals surface area contributed by atoms with Gasteiger partial charge >= 0.3 is 5.97 Å². The number of hydrogen-bond acceptors (Lipinski definition) is 3. The molecule has 0 unspecified atom stereocenters. The number of hydrogen-bond donors (Lipinski definition) is 1. The number of methoxy groups -OCH3 is 1. The van der Waals surface area contributed by atoms with E-state index in [0.717, 1.165) is 0 Å². The SMILES string of the molecule is CCOc1c(OC)ccc(Cl)c1CC(C)(C)C(=O)O. The molecule has 4 nitrogen and oxygen atoms in total. The molecular formula is C14H19ClO4. The summed E-state index contributed by atoms with van der Waals surface area (Å²) < 4.78 is 10.8. The van der Waals surface area contributed by atoms with Crippen molar-refractivity contribution in [3.63, 3.8) is 0 Å². The van der Waals surface area contributed by atoms with Gasteiger partial charge in [0.05, 0.1) is 19.1 Å². The number of ether oxygens (including phenoxy) is 2. The van der Waals surface area contributed by atoms with E-state index in [9.17, 15) is 9.90 Å². The molecular weight excluding hydrogens is 268 g/mol. The Bertz CT molecular complexity index is 469. The van der Waals surface area contributed by atoms with E-state index in [4.69, 9.17) is 21.1 Å². The topological polar surface area (TPSA) is 55.8 Å². The van der Waals surface area contributed by atoms with Crippen LogP contribution >= 0.6 is 11.6 Å². The van der Waals surface area contributed by atoms with Gasteiger partial charge in [0.15, 0.2) is 11.5 Å². The Labute approximate surface area is 118 Å². The maximum absolute atomic E-state index is 11.2. The highest BCUT2D eigenvalue weighted by Gasteiger charge is 2.30. The van der Waals surface area contributed by atoms with Gasteiger partial charge in [-0.2, -0.15) is 0 Å². The fraction of sp³-hybridized carbons (Fsp3) is 0.500. The zero-order chi connectivity index (χ0) is 14.6. The molecule has 5 heteroatoms. The lowest BCUT2D eigenvalue weighted by Gasteiger charge is -2.22. The molecule has 0 radical (unpaired) electrons. The summed E-state index contributed by atoms with van der Waals surface area (Å²) in [6.45, 7) is 5.62. The van der Waals surface area contributed by atoms with Gasteiger partial charge in [0.25, 0.3) is 0 Å². The van der Waals surface area contributed by atoms with E-state index in [1.807, 2.05) is 6.92 Å². The van der Waals surface area contributed by atoms with E-state index in [2.05, 4.69) is 0 Å². The summed E-state index contributed by atoms with van der Waals surface area (Å²) in [7, 11) is 1.54. The van der Waals surface area contributed by atoms with Crippen molar-refractivity contribution in [3.8, 4) is 11.5 Å². The van der Waals surface area contributed by atoms with E-state index in [1.54, 1.807) is 26.0 Å².